The van der Waals surface area contributed by atoms with Crippen molar-refractivity contribution in [1.82, 2.24) is 9.99 Å². The topological polar surface area (TPSA) is 89.8 Å². The van der Waals surface area contributed by atoms with E-state index in [0.29, 0.717) is 11.1 Å². The summed E-state index contributed by atoms with van der Waals surface area (Å²) < 4.78 is 32.9. The number of aromatic nitrogens is 1. The van der Waals surface area contributed by atoms with Crippen molar-refractivity contribution in [3.63, 3.8) is 0 Å². The molecule has 5 rings (SSSR count). The van der Waals surface area contributed by atoms with Gasteiger partial charge in [-0.2, -0.15) is 13.5 Å². The smallest absolute Gasteiger partial charge is 0.339 e. The van der Waals surface area contributed by atoms with Crippen molar-refractivity contribution in [3.05, 3.63) is 127 Å². The monoisotopic (exact) mass is 495 g/mol. The molecule has 0 radical (unpaired) electrons. The highest BCUT2D eigenvalue weighted by Crippen LogP contribution is 2.23. The molecular formula is C28H21N3O4S. The van der Waals surface area contributed by atoms with E-state index in [-0.39, 0.29) is 16.6 Å². The predicted octanol–water partition coefficient (Wildman–Crippen LogP) is 5.16. The van der Waals surface area contributed by atoms with Crippen molar-refractivity contribution < 1.29 is 17.4 Å². The Morgan fingerprint density at radius 1 is 0.806 bits per heavy atom. The van der Waals surface area contributed by atoms with Gasteiger partial charge in [0.05, 0.1) is 17.5 Å². The van der Waals surface area contributed by atoms with Gasteiger partial charge in [-0.05, 0) is 64.9 Å². The van der Waals surface area contributed by atoms with Gasteiger partial charge in [0.25, 0.3) is 5.91 Å². The van der Waals surface area contributed by atoms with Gasteiger partial charge in [-0.25, -0.2) is 5.43 Å². The second kappa shape index (κ2) is 9.89. The first-order valence-electron chi connectivity index (χ1n) is 11.1. The van der Waals surface area contributed by atoms with E-state index in [4.69, 9.17) is 4.18 Å². The van der Waals surface area contributed by atoms with Gasteiger partial charge in [-0.3, -0.25) is 4.79 Å². The lowest BCUT2D eigenvalue weighted by Crippen LogP contribution is -2.19. The fourth-order valence-corrected chi connectivity index (χ4v) is 4.72. The van der Waals surface area contributed by atoms with Crippen LogP contribution in [0.5, 0.6) is 5.75 Å². The molecule has 4 aromatic carbocycles. The number of carbonyl (C=O) groups is 1. The standard InChI is InChI=1S/C28H21N3O4S/c32-28(26-12-3-4-13-27(26)31-16-5-6-17-31)30-29-20-21-8-7-11-24(18-21)35-36(33,34)25-15-14-22-9-1-2-10-23(22)19-25/h1-20H,(H,30,32)/b29-20-. The largest absolute Gasteiger partial charge is 0.379 e. The van der Waals surface area contributed by atoms with Crippen molar-refractivity contribution in [2.24, 2.45) is 5.10 Å². The summed E-state index contributed by atoms with van der Waals surface area (Å²) in [5.41, 5.74) is 4.26. The van der Waals surface area contributed by atoms with Crippen LogP contribution in [0, 0.1) is 0 Å². The van der Waals surface area contributed by atoms with E-state index >= 15 is 0 Å². The Balaban J connectivity index is 1.29. The Morgan fingerprint density at radius 2 is 1.56 bits per heavy atom. The molecule has 0 aliphatic rings. The van der Waals surface area contributed by atoms with Gasteiger partial charge < -0.3 is 8.75 Å². The summed E-state index contributed by atoms with van der Waals surface area (Å²) in [5.74, 6) is -0.238. The molecule has 0 fully saturated rings. The summed E-state index contributed by atoms with van der Waals surface area (Å²) in [7, 11) is -4.03. The number of carbonyl (C=O) groups excluding carboxylic acids is 1. The highest BCUT2D eigenvalue weighted by molar-refractivity contribution is 7.87. The zero-order valence-electron chi connectivity index (χ0n) is 19.0. The van der Waals surface area contributed by atoms with Crippen molar-refractivity contribution in [2.75, 3.05) is 0 Å². The number of nitrogens with zero attached hydrogens (tertiary/aromatic N) is 2. The Hall–Kier alpha value is -4.69. The molecule has 5 aromatic rings. The lowest BCUT2D eigenvalue weighted by molar-refractivity contribution is 0.0955. The lowest BCUT2D eigenvalue weighted by Gasteiger charge is -2.09. The second-order valence-electron chi connectivity index (χ2n) is 7.93. The van der Waals surface area contributed by atoms with Crippen molar-refractivity contribution in [2.45, 2.75) is 4.90 Å². The number of hydrazone groups is 1. The third kappa shape index (κ3) is 5.03. The molecule has 0 atom stereocenters. The molecular weight excluding hydrogens is 474 g/mol. The van der Waals surface area contributed by atoms with Gasteiger partial charge in [0.1, 0.15) is 10.6 Å². The third-order valence-corrected chi connectivity index (χ3v) is 6.73. The van der Waals surface area contributed by atoms with Crippen molar-refractivity contribution in [3.8, 4) is 11.4 Å². The second-order valence-corrected chi connectivity index (χ2v) is 9.47. The lowest BCUT2D eigenvalue weighted by atomic mass is 10.1. The van der Waals surface area contributed by atoms with E-state index in [1.165, 1.54) is 18.3 Å². The number of para-hydroxylation sites is 1. The first-order chi connectivity index (χ1) is 17.5. The van der Waals surface area contributed by atoms with Crippen LogP contribution in [0.4, 0.5) is 0 Å². The number of fused-ring (bicyclic) bond motifs is 1. The molecule has 0 aliphatic carbocycles. The van der Waals surface area contributed by atoms with E-state index in [0.717, 1.165) is 16.5 Å². The number of amides is 1. The van der Waals surface area contributed by atoms with Gasteiger partial charge in [0, 0.05) is 12.4 Å². The fourth-order valence-electron chi connectivity index (χ4n) is 3.76. The molecule has 0 spiro atoms. The highest BCUT2D eigenvalue weighted by atomic mass is 32.2. The van der Waals surface area contributed by atoms with Crippen LogP contribution in [-0.4, -0.2) is 25.1 Å². The Kier molecular flexibility index (Phi) is 6.34. The average molecular weight is 496 g/mol. The van der Waals surface area contributed by atoms with Crippen LogP contribution in [-0.2, 0) is 10.1 Å². The summed E-state index contributed by atoms with van der Waals surface area (Å²) in [6, 6.07) is 29.7. The summed E-state index contributed by atoms with van der Waals surface area (Å²) in [6.07, 6.45) is 5.13. The van der Waals surface area contributed by atoms with Gasteiger partial charge in [-0.1, -0.05) is 54.6 Å². The molecule has 1 aromatic heterocycles. The van der Waals surface area contributed by atoms with Crippen molar-refractivity contribution >= 4 is 33.0 Å². The normalized spacial score (nSPS) is 11.6. The van der Waals surface area contributed by atoms with Crippen LogP contribution in [0.2, 0.25) is 0 Å². The van der Waals surface area contributed by atoms with E-state index in [9.17, 15) is 13.2 Å². The van der Waals surface area contributed by atoms with Gasteiger partial charge in [0.15, 0.2) is 0 Å². The molecule has 36 heavy (non-hydrogen) atoms. The van der Waals surface area contributed by atoms with E-state index < -0.39 is 10.1 Å². The molecule has 1 N–H and O–H groups in total. The predicted molar refractivity (Wildman–Crippen MR) is 139 cm³/mol. The minimum Gasteiger partial charge on any atom is -0.379 e. The molecule has 0 saturated carbocycles. The number of hydrogen-bond donors (Lipinski definition) is 1. The van der Waals surface area contributed by atoms with Crippen LogP contribution >= 0.6 is 0 Å². The zero-order chi connectivity index (χ0) is 25.0. The fraction of sp³-hybridized carbons (Fsp3) is 0. The van der Waals surface area contributed by atoms with Crippen LogP contribution < -0.4 is 9.61 Å². The summed E-state index contributed by atoms with van der Waals surface area (Å²) >= 11 is 0. The maximum atomic E-state index is 12.8. The number of hydrogen-bond acceptors (Lipinski definition) is 5. The first-order valence-corrected chi connectivity index (χ1v) is 12.5. The Morgan fingerprint density at radius 3 is 2.39 bits per heavy atom. The molecule has 8 heteroatoms. The van der Waals surface area contributed by atoms with E-state index in [1.807, 2.05) is 65.5 Å². The Labute approximate surface area is 208 Å². The number of benzene rings is 4. The third-order valence-electron chi connectivity index (χ3n) is 5.48. The minimum atomic E-state index is -4.03. The number of rotatable bonds is 7. The maximum Gasteiger partial charge on any atom is 0.339 e. The first kappa shape index (κ1) is 23.1. The molecule has 1 heterocycles. The molecule has 0 aliphatic heterocycles. The maximum absolute atomic E-state index is 12.8. The molecule has 0 unspecified atom stereocenters. The molecule has 0 saturated heterocycles. The van der Waals surface area contributed by atoms with E-state index in [1.54, 1.807) is 42.5 Å². The summed E-state index contributed by atoms with van der Waals surface area (Å²) in [6.45, 7) is 0. The summed E-state index contributed by atoms with van der Waals surface area (Å²) in [5, 5.41) is 5.77. The van der Waals surface area contributed by atoms with Crippen molar-refractivity contribution in [1.29, 1.82) is 0 Å². The van der Waals surface area contributed by atoms with Gasteiger partial charge in [-0.15, -0.1) is 0 Å². The molecule has 178 valence electrons. The van der Waals surface area contributed by atoms with Crippen LogP contribution in [0.15, 0.2) is 126 Å². The SMILES string of the molecule is O=C(N/N=C\c1cccc(OS(=O)(=O)c2ccc3ccccc3c2)c1)c1ccccc1-n1cccc1. The Bertz CT molecular complexity index is 1680. The zero-order valence-corrected chi connectivity index (χ0v) is 19.8. The van der Waals surface area contributed by atoms with E-state index in [2.05, 4.69) is 10.5 Å². The van der Waals surface area contributed by atoms with Crippen LogP contribution in [0.25, 0.3) is 16.5 Å². The minimum absolute atomic E-state index is 0.0638. The van der Waals surface area contributed by atoms with Gasteiger partial charge in [0.2, 0.25) is 0 Å². The quantitative estimate of drug-likeness (QED) is 0.192. The van der Waals surface area contributed by atoms with Crippen LogP contribution in [0.1, 0.15) is 15.9 Å². The van der Waals surface area contributed by atoms with Crippen LogP contribution in [0.3, 0.4) is 0 Å². The van der Waals surface area contributed by atoms with Gasteiger partial charge >= 0.3 is 10.1 Å². The number of nitrogens with one attached hydrogen (secondary N) is 1. The average Bonchev–Trinajstić information content (AvgIpc) is 3.43. The molecule has 7 nitrogen and oxygen atoms in total. The molecule has 0 bridgehead atoms. The molecule has 1 amide bonds. The highest BCUT2D eigenvalue weighted by Gasteiger charge is 2.17. The summed E-state index contributed by atoms with van der Waals surface area (Å²) in [4.78, 5) is 12.8.